The Morgan fingerprint density at radius 3 is 2.35 bits per heavy atom. The smallest absolute Gasteiger partial charge is 0.310 e. The third-order valence-corrected chi connectivity index (χ3v) is 5.20. The Balaban J connectivity index is 2.20. The molecular formula is C18H14Cl3F3O2. The van der Waals surface area contributed by atoms with Gasteiger partial charge in [0.05, 0.1) is 10.9 Å². The quantitative estimate of drug-likeness (QED) is 0.350. The van der Waals surface area contributed by atoms with Crippen molar-refractivity contribution in [3.63, 3.8) is 0 Å². The number of esters is 1. The van der Waals surface area contributed by atoms with Gasteiger partial charge in [-0.25, -0.2) is 13.2 Å². The summed E-state index contributed by atoms with van der Waals surface area (Å²) in [7, 11) is 0. The average molecular weight is 426 g/mol. The summed E-state index contributed by atoms with van der Waals surface area (Å²) in [6.45, 7) is 2.89. The van der Waals surface area contributed by atoms with Crippen molar-refractivity contribution in [2.45, 2.75) is 26.9 Å². The predicted octanol–water partition coefficient (Wildman–Crippen LogP) is 5.57. The van der Waals surface area contributed by atoms with Crippen molar-refractivity contribution in [2.75, 3.05) is 0 Å². The molecule has 0 spiro atoms. The van der Waals surface area contributed by atoms with Gasteiger partial charge in [0.2, 0.25) is 0 Å². The zero-order chi connectivity index (χ0) is 19.8. The van der Waals surface area contributed by atoms with Gasteiger partial charge in [-0.3, -0.25) is 4.79 Å². The van der Waals surface area contributed by atoms with Crippen molar-refractivity contribution in [2.24, 2.45) is 17.3 Å². The van der Waals surface area contributed by atoms with Crippen molar-refractivity contribution >= 4 is 40.8 Å². The highest BCUT2D eigenvalue weighted by atomic mass is 35.5. The number of halogens is 6. The molecule has 8 heteroatoms. The summed E-state index contributed by atoms with van der Waals surface area (Å²) in [5.41, 5.74) is -1.69. The number of rotatable bonds is 5. The van der Waals surface area contributed by atoms with Crippen molar-refractivity contribution in [1.29, 1.82) is 0 Å². The summed E-state index contributed by atoms with van der Waals surface area (Å²) in [6.07, 6.45) is 6.06. The molecule has 1 fully saturated rings. The van der Waals surface area contributed by atoms with E-state index in [0.717, 1.165) is 0 Å². The van der Waals surface area contributed by atoms with Crippen LogP contribution in [0.1, 0.15) is 25.0 Å². The average Bonchev–Trinajstić information content (AvgIpc) is 3.09. The summed E-state index contributed by atoms with van der Waals surface area (Å²) >= 11 is 17.0. The van der Waals surface area contributed by atoms with Crippen LogP contribution < -0.4 is 0 Å². The zero-order valence-electron chi connectivity index (χ0n) is 13.8. The largest absolute Gasteiger partial charge is 0.460 e. The molecule has 0 N–H and O–H groups in total. The van der Waals surface area contributed by atoms with E-state index in [2.05, 4.69) is 0 Å². The first-order valence-electron chi connectivity index (χ1n) is 7.50. The first kappa shape index (κ1) is 21.0. The lowest BCUT2D eigenvalue weighted by atomic mass is 10.1. The van der Waals surface area contributed by atoms with Crippen LogP contribution in [0.4, 0.5) is 13.2 Å². The Labute approximate surface area is 164 Å². The second kappa shape index (κ2) is 7.72. The van der Waals surface area contributed by atoms with Gasteiger partial charge < -0.3 is 4.74 Å². The molecule has 0 aromatic heterocycles. The predicted molar refractivity (Wildman–Crippen MR) is 94.2 cm³/mol. The second-order valence-corrected chi connectivity index (χ2v) is 7.87. The van der Waals surface area contributed by atoms with Gasteiger partial charge in [0, 0.05) is 17.5 Å². The highest BCUT2D eigenvalue weighted by Gasteiger charge is 2.61. The molecule has 0 radical (unpaired) electrons. The standard InChI is InChI=1S/C18H14Cl3F3O2/c1-4-5-8-14(22)13(21)9(16(24)15(8)23)7-26-17(25)12-10(6-11(19)20)18(12,2)3/h1,6,10,12H,5,7H2,2-3H3/t10-,12+/m1/s1. The first-order valence-corrected chi connectivity index (χ1v) is 8.64. The number of hydrogen-bond acceptors (Lipinski definition) is 2. The van der Waals surface area contributed by atoms with Crippen molar-refractivity contribution in [1.82, 2.24) is 0 Å². The van der Waals surface area contributed by atoms with Crippen molar-refractivity contribution < 1.29 is 22.7 Å². The minimum Gasteiger partial charge on any atom is -0.460 e. The van der Waals surface area contributed by atoms with E-state index in [1.807, 2.05) is 5.92 Å². The molecule has 1 aromatic rings. The highest BCUT2D eigenvalue weighted by Crippen LogP contribution is 2.60. The lowest BCUT2D eigenvalue weighted by Gasteiger charge is -2.12. The van der Waals surface area contributed by atoms with Gasteiger partial charge in [0.15, 0.2) is 11.6 Å². The molecule has 1 aliphatic carbocycles. The van der Waals surface area contributed by atoms with Gasteiger partial charge in [0.1, 0.15) is 16.9 Å². The second-order valence-electron chi connectivity index (χ2n) is 6.48. The number of benzene rings is 1. The lowest BCUT2D eigenvalue weighted by molar-refractivity contribution is -0.147. The SMILES string of the molecule is C#CCc1c(F)c(F)c(COC(=O)[C@@H]2[C@@H](C=C(Cl)Cl)C2(C)C)c(Cl)c1F. The van der Waals surface area contributed by atoms with E-state index in [9.17, 15) is 18.0 Å². The van der Waals surface area contributed by atoms with E-state index in [0.29, 0.717) is 0 Å². The molecule has 0 aliphatic heterocycles. The van der Waals surface area contributed by atoms with E-state index in [4.69, 9.17) is 46.0 Å². The monoisotopic (exact) mass is 424 g/mol. The lowest BCUT2D eigenvalue weighted by Crippen LogP contribution is -2.13. The molecule has 1 aromatic carbocycles. The fourth-order valence-corrected chi connectivity index (χ4v) is 3.44. The molecule has 140 valence electrons. The number of terminal acetylenes is 1. The van der Waals surface area contributed by atoms with Crippen LogP contribution in [-0.4, -0.2) is 5.97 Å². The van der Waals surface area contributed by atoms with E-state index in [1.165, 1.54) is 6.08 Å². The Kier molecular flexibility index (Phi) is 6.22. The maximum Gasteiger partial charge on any atom is 0.310 e. The molecule has 0 bridgehead atoms. The number of carbonyl (C=O) groups is 1. The minimum atomic E-state index is -1.45. The van der Waals surface area contributed by atoms with Gasteiger partial charge in [-0.1, -0.05) is 48.7 Å². The number of carbonyl (C=O) groups excluding carboxylic acids is 1. The highest BCUT2D eigenvalue weighted by molar-refractivity contribution is 6.55. The molecule has 26 heavy (non-hydrogen) atoms. The van der Waals surface area contributed by atoms with E-state index < -0.39 is 63.9 Å². The molecule has 0 saturated heterocycles. The van der Waals surface area contributed by atoms with Crippen LogP contribution in [0, 0.1) is 47.0 Å². The summed E-state index contributed by atoms with van der Waals surface area (Å²) < 4.78 is 47.3. The van der Waals surface area contributed by atoms with E-state index >= 15 is 0 Å². The number of allylic oxidation sites excluding steroid dienone is 1. The summed E-state index contributed by atoms with van der Waals surface area (Å²) in [4.78, 5) is 12.2. The Hall–Kier alpha value is -1.35. The maximum absolute atomic E-state index is 14.2. The topological polar surface area (TPSA) is 26.3 Å². The van der Waals surface area contributed by atoms with Crippen molar-refractivity contribution in [3.05, 3.63) is 44.2 Å². The zero-order valence-corrected chi connectivity index (χ0v) is 16.1. The third kappa shape index (κ3) is 3.83. The van der Waals surface area contributed by atoms with Gasteiger partial charge in [0.25, 0.3) is 0 Å². The Morgan fingerprint density at radius 1 is 1.23 bits per heavy atom. The summed E-state index contributed by atoms with van der Waals surface area (Å²) in [5, 5.41) is -0.669. The van der Waals surface area contributed by atoms with Crippen molar-refractivity contribution in [3.8, 4) is 12.3 Å². The third-order valence-electron chi connectivity index (χ3n) is 4.55. The van der Waals surface area contributed by atoms with Crippen LogP contribution in [-0.2, 0) is 22.6 Å². The number of ether oxygens (including phenoxy) is 1. The molecule has 0 unspecified atom stereocenters. The van der Waals surface area contributed by atoms with Crippen LogP contribution >= 0.6 is 34.8 Å². The summed E-state index contributed by atoms with van der Waals surface area (Å²) in [6, 6.07) is 0. The normalized spacial score (nSPS) is 20.3. The van der Waals surface area contributed by atoms with Crippen LogP contribution in [0.3, 0.4) is 0 Å². The van der Waals surface area contributed by atoms with E-state index in [1.54, 1.807) is 13.8 Å². The van der Waals surface area contributed by atoms with Gasteiger partial charge >= 0.3 is 5.97 Å². The molecular weight excluding hydrogens is 412 g/mol. The van der Waals surface area contributed by atoms with Crippen LogP contribution in [0.5, 0.6) is 0 Å². The van der Waals surface area contributed by atoms with Gasteiger partial charge in [-0.2, -0.15) is 0 Å². The molecule has 1 aliphatic rings. The molecule has 1 saturated carbocycles. The molecule has 0 amide bonds. The van der Waals surface area contributed by atoms with Crippen LogP contribution in [0.15, 0.2) is 10.6 Å². The van der Waals surface area contributed by atoms with Crippen LogP contribution in [0.25, 0.3) is 0 Å². The summed E-state index contributed by atoms with van der Waals surface area (Å²) in [5.74, 6) is -3.48. The fourth-order valence-electron chi connectivity index (χ4n) is 2.91. The maximum atomic E-state index is 14.2. The van der Waals surface area contributed by atoms with Gasteiger partial charge in [-0.05, 0) is 17.4 Å². The Bertz CT molecular complexity index is 795. The molecule has 2 atom stereocenters. The number of hydrogen-bond donors (Lipinski definition) is 0. The van der Waals surface area contributed by atoms with Gasteiger partial charge in [-0.15, -0.1) is 12.3 Å². The van der Waals surface area contributed by atoms with E-state index in [-0.39, 0.29) is 10.4 Å². The first-order chi connectivity index (χ1) is 12.0. The fraction of sp³-hybridized carbons (Fsp3) is 0.389. The molecule has 0 heterocycles. The molecule has 2 nitrogen and oxygen atoms in total. The Morgan fingerprint density at radius 2 is 1.81 bits per heavy atom. The molecule has 2 rings (SSSR count). The van der Waals surface area contributed by atoms with Crippen LogP contribution in [0.2, 0.25) is 5.02 Å². The minimum absolute atomic E-state index is 0.0145.